The molecule has 1 aliphatic heterocycles. The van der Waals surface area contributed by atoms with Crippen LogP contribution in [0.2, 0.25) is 10.0 Å². The first-order valence-corrected chi connectivity index (χ1v) is 11.1. The van der Waals surface area contributed by atoms with Gasteiger partial charge in [-0.2, -0.15) is 0 Å². The van der Waals surface area contributed by atoms with Crippen LogP contribution in [0.4, 0.5) is 11.4 Å². The highest BCUT2D eigenvalue weighted by Crippen LogP contribution is 2.65. The number of halogens is 2. The summed E-state index contributed by atoms with van der Waals surface area (Å²) in [6, 6.07) is 11.4. The predicted octanol–water partition coefficient (Wildman–Crippen LogP) is 4.80. The molecular formula is C24H18Cl2N2O3. The third-order valence-electron chi connectivity index (χ3n) is 7.23. The van der Waals surface area contributed by atoms with Crippen LogP contribution in [0.25, 0.3) is 0 Å². The minimum Gasteiger partial charge on any atom is -0.322 e. The average molecular weight is 453 g/mol. The van der Waals surface area contributed by atoms with E-state index in [1.54, 1.807) is 42.5 Å². The van der Waals surface area contributed by atoms with Gasteiger partial charge in [0.25, 0.3) is 5.91 Å². The molecule has 2 aromatic rings. The number of rotatable bonds is 3. The number of carbonyl (C=O) groups is 3. The highest BCUT2D eigenvalue weighted by atomic mass is 35.5. The zero-order valence-corrected chi connectivity index (χ0v) is 17.8. The number of nitrogens with zero attached hydrogens (tertiary/aromatic N) is 1. The van der Waals surface area contributed by atoms with Gasteiger partial charge in [-0.3, -0.25) is 19.3 Å². The Hall–Kier alpha value is -2.63. The highest BCUT2D eigenvalue weighted by Gasteiger charge is 2.67. The summed E-state index contributed by atoms with van der Waals surface area (Å²) in [4.78, 5) is 40.3. The van der Waals surface area contributed by atoms with Gasteiger partial charge in [-0.05, 0) is 72.6 Å². The molecule has 2 aromatic carbocycles. The van der Waals surface area contributed by atoms with Crippen molar-refractivity contribution in [2.45, 2.75) is 6.42 Å². The molecule has 7 rings (SSSR count). The Bertz CT molecular complexity index is 1140. The zero-order chi connectivity index (χ0) is 21.4. The third-order valence-corrected chi connectivity index (χ3v) is 7.97. The Kier molecular flexibility index (Phi) is 4.11. The van der Waals surface area contributed by atoms with Crippen molar-refractivity contribution in [3.05, 3.63) is 70.2 Å². The van der Waals surface area contributed by atoms with Gasteiger partial charge in [-0.25, -0.2) is 0 Å². The predicted molar refractivity (Wildman–Crippen MR) is 118 cm³/mol. The van der Waals surface area contributed by atoms with Gasteiger partial charge in [0.1, 0.15) is 0 Å². The molecule has 3 fully saturated rings. The molecule has 1 heterocycles. The van der Waals surface area contributed by atoms with Crippen molar-refractivity contribution in [2.75, 3.05) is 10.2 Å². The van der Waals surface area contributed by atoms with Gasteiger partial charge in [0.2, 0.25) is 11.8 Å². The Morgan fingerprint density at radius 2 is 1.48 bits per heavy atom. The number of nitrogens with one attached hydrogen (secondary N) is 1. The summed E-state index contributed by atoms with van der Waals surface area (Å²) in [6.07, 6.45) is 5.45. The van der Waals surface area contributed by atoms with Gasteiger partial charge in [-0.1, -0.05) is 35.4 Å². The van der Waals surface area contributed by atoms with Crippen LogP contribution in [0.3, 0.4) is 0 Å². The van der Waals surface area contributed by atoms with Crippen molar-refractivity contribution in [1.29, 1.82) is 0 Å². The molecule has 0 radical (unpaired) electrons. The third kappa shape index (κ3) is 2.80. The summed E-state index contributed by atoms with van der Waals surface area (Å²) in [7, 11) is 0. The number of carbonyl (C=O) groups excluding carboxylic acids is 3. The van der Waals surface area contributed by atoms with Crippen molar-refractivity contribution in [3.8, 4) is 0 Å². The normalized spacial score (nSPS) is 32.1. The van der Waals surface area contributed by atoms with Crippen LogP contribution in [-0.4, -0.2) is 17.7 Å². The Balaban J connectivity index is 1.22. The van der Waals surface area contributed by atoms with Gasteiger partial charge < -0.3 is 5.32 Å². The zero-order valence-electron chi connectivity index (χ0n) is 16.3. The van der Waals surface area contributed by atoms with E-state index >= 15 is 0 Å². The number of hydrogen-bond donors (Lipinski definition) is 1. The standard InChI is InChI=1S/C24H18Cl2N2O3/c25-18-8-3-12(9-19(18)26)27-22(29)11-1-4-13(5-2-11)28-23(30)20-14-6-7-15(17-10-16(14)17)21(20)24(28)31/h1-9,14-17,20-21H,10H2,(H,27,29)/t14-,15+,16-,17-,20+,21-/m1/s1. The lowest BCUT2D eigenvalue weighted by Crippen LogP contribution is -2.40. The lowest BCUT2D eigenvalue weighted by atomic mass is 9.63. The summed E-state index contributed by atoms with van der Waals surface area (Å²) >= 11 is 11.9. The van der Waals surface area contributed by atoms with E-state index in [4.69, 9.17) is 23.2 Å². The first-order valence-electron chi connectivity index (χ1n) is 10.4. The molecule has 5 nitrogen and oxygen atoms in total. The minimum atomic E-state index is -0.319. The molecule has 0 spiro atoms. The van der Waals surface area contributed by atoms with Gasteiger partial charge in [0, 0.05) is 11.3 Å². The lowest BCUT2D eigenvalue weighted by Gasteiger charge is -2.37. The molecule has 31 heavy (non-hydrogen) atoms. The fourth-order valence-electron chi connectivity index (χ4n) is 5.75. The average Bonchev–Trinajstić information content (AvgIpc) is 3.54. The number of imide groups is 1. The first kappa shape index (κ1) is 19.1. The van der Waals surface area contributed by atoms with Gasteiger partial charge in [0.05, 0.1) is 27.6 Å². The van der Waals surface area contributed by atoms with Crippen molar-refractivity contribution in [1.82, 2.24) is 0 Å². The molecule has 0 aromatic heterocycles. The fourth-order valence-corrected chi connectivity index (χ4v) is 6.05. The molecule has 156 valence electrons. The summed E-state index contributed by atoms with van der Waals surface area (Å²) in [6.45, 7) is 0. The number of benzene rings is 2. The van der Waals surface area contributed by atoms with Crippen LogP contribution in [-0.2, 0) is 9.59 Å². The van der Waals surface area contributed by atoms with Crippen LogP contribution < -0.4 is 10.2 Å². The SMILES string of the molecule is O=C(Nc1ccc(Cl)c(Cl)c1)c1ccc(N2C(=O)[C@@H]3[C@H]4C=C[C@H]([C@H]5C[C@H]45)[C@@H]3C2=O)cc1. The van der Waals surface area contributed by atoms with E-state index in [-0.39, 0.29) is 41.4 Å². The van der Waals surface area contributed by atoms with Crippen molar-refractivity contribution >= 4 is 52.3 Å². The van der Waals surface area contributed by atoms with Crippen molar-refractivity contribution in [3.63, 3.8) is 0 Å². The Morgan fingerprint density at radius 1 is 0.871 bits per heavy atom. The van der Waals surface area contributed by atoms with Gasteiger partial charge >= 0.3 is 0 Å². The maximum absolute atomic E-state index is 13.2. The molecule has 2 bridgehead atoms. The molecule has 1 saturated heterocycles. The largest absolute Gasteiger partial charge is 0.322 e. The summed E-state index contributed by atoms with van der Waals surface area (Å²) in [5, 5.41) is 3.52. The number of hydrogen-bond acceptors (Lipinski definition) is 3. The molecule has 6 atom stereocenters. The van der Waals surface area contributed by atoms with E-state index in [2.05, 4.69) is 17.5 Å². The van der Waals surface area contributed by atoms with E-state index in [0.29, 0.717) is 38.8 Å². The maximum Gasteiger partial charge on any atom is 0.255 e. The number of anilines is 2. The molecule has 0 unspecified atom stereocenters. The van der Waals surface area contributed by atoms with Crippen molar-refractivity contribution in [2.24, 2.45) is 35.5 Å². The van der Waals surface area contributed by atoms with Gasteiger partial charge in [0.15, 0.2) is 0 Å². The van der Waals surface area contributed by atoms with E-state index in [0.717, 1.165) is 6.42 Å². The number of amides is 3. The van der Waals surface area contributed by atoms with Crippen LogP contribution in [0, 0.1) is 35.5 Å². The Labute approximate surface area is 189 Å². The minimum absolute atomic E-state index is 0.104. The Morgan fingerprint density at radius 3 is 2.06 bits per heavy atom. The molecule has 1 N–H and O–H groups in total. The summed E-state index contributed by atoms with van der Waals surface area (Å²) < 4.78 is 0. The second-order valence-electron chi connectivity index (χ2n) is 8.80. The second-order valence-corrected chi connectivity index (χ2v) is 9.61. The maximum atomic E-state index is 13.2. The number of allylic oxidation sites excluding steroid dienone is 2. The first-order chi connectivity index (χ1) is 14.9. The van der Waals surface area contributed by atoms with E-state index in [9.17, 15) is 14.4 Å². The van der Waals surface area contributed by atoms with E-state index in [1.165, 1.54) is 4.90 Å². The molecule has 5 aliphatic rings. The fraction of sp³-hybridized carbons (Fsp3) is 0.292. The lowest BCUT2D eigenvalue weighted by molar-refractivity contribution is -0.124. The topological polar surface area (TPSA) is 66.5 Å². The molecular weight excluding hydrogens is 435 g/mol. The van der Waals surface area contributed by atoms with Crippen LogP contribution in [0.5, 0.6) is 0 Å². The van der Waals surface area contributed by atoms with Crippen LogP contribution in [0.1, 0.15) is 16.8 Å². The molecule has 4 aliphatic carbocycles. The van der Waals surface area contributed by atoms with Crippen LogP contribution >= 0.6 is 23.2 Å². The molecule has 3 amide bonds. The summed E-state index contributed by atoms with van der Waals surface area (Å²) in [5.41, 5.74) is 1.46. The second kappa shape index (κ2) is 6.68. The van der Waals surface area contributed by atoms with Gasteiger partial charge in [-0.15, -0.1) is 0 Å². The highest BCUT2D eigenvalue weighted by molar-refractivity contribution is 6.42. The van der Waals surface area contributed by atoms with E-state index < -0.39 is 0 Å². The molecule has 2 saturated carbocycles. The van der Waals surface area contributed by atoms with Crippen molar-refractivity contribution < 1.29 is 14.4 Å². The quantitative estimate of drug-likeness (QED) is 0.536. The van der Waals surface area contributed by atoms with Crippen LogP contribution in [0.15, 0.2) is 54.6 Å². The van der Waals surface area contributed by atoms with E-state index in [1.807, 2.05) is 0 Å². The summed E-state index contributed by atoms with van der Waals surface area (Å²) in [5.74, 6) is 0.532. The smallest absolute Gasteiger partial charge is 0.255 e. The molecule has 7 heteroatoms. The monoisotopic (exact) mass is 452 g/mol.